The molecular formula is C11H16BrN3O2S. The van der Waals surface area contributed by atoms with Gasteiger partial charge in [0.05, 0.1) is 7.11 Å². The number of carbonyl (C=O) groups excluding carboxylic acids is 1. The van der Waals surface area contributed by atoms with Gasteiger partial charge in [0.25, 0.3) is 0 Å². The summed E-state index contributed by atoms with van der Waals surface area (Å²) in [6.45, 7) is 4.48. The number of carbonyl (C=O) groups is 1. The van der Waals surface area contributed by atoms with E-state index >= 15 is 0 Å². The summed E-state index contributed by atoms with van der Waals surface area (Å²) in [5.41, 5.74) is 0. The zero-order valence-corrected chi connectivity index (χ0v) is 12.6. The van der Waals surface area contributed by atoms with Crippen LogP contribution < -0.4 is 4.90 Å². The molecule has 0 aromatic carbocycles. The molecule has 0 aliphatic carbocycles. The number of anilines is 1. The lowest BCUT2D eigenvalue weighted by Gasteiger charge is -2.35. The number of alkyl halides is 1. The van der Waals surface area contributed by atoms with Crippen LogP contribution in [0.1, 0.15) is 0 Å². The summed E-state index contributed by atoms with van der Waals surface area (Å²) in [5, 5.41) is 3.08. The van der Waals surface area contributed by atoms with Crippen molar-refractivity contribution in [2.75, 3.05) is 44.7 Å². The third-order valence-corrected chi connectivity index (χ3v) is 4.43. The van der Waals surface area contributed by atoms with E-state index in [0.717, 1.165) is 31.3 Å². The van der Waals surface area contributed by atoms with Crippen molar-refractivity contribution in [3.8, 4) is 0 Å². The maximum absolute atomic E-state index is 11.3. The van der Waals surface area contributed by atoms with E-state index in [-0.39, 0.29) is 10.8 Å². The van der Waals surface area contributed by atoms with Crippen LogP contribution in [0, 0.1) is 0 Å². The largest absolute Gasteiger partial charge is 0.468 e. The van der Waals surface area contributed by atoms with Crippen LogP contribution in [0.2, 0.25) is 0 Å². The fraction of sp³-hybridized carbons (Fsp3) is 0.636. The van der Waals surface area contributed by atoms with Gasteiger partial charge in [-0.3, -0.25) is 9.69 Å². The van der Waals surface area contributed by atoms with E-state index in [9.17, 15) is 4.79 Å². The molecule has 0 spiro atoms. The molecule has 2 rings (SSSR count). The Bertz CT molecular complexity index is 380. The molecule has 1 aliphatic rings. The van der Waals surface area contributed by atoms with Gasteiger partial charge < -0.3 is 9.64 Å². The monoisotopic (exact) mass is 333 g/mol. The van der Waals surface area contributed by atoms with Gasteiger partial charge in [-0.1, -0.05) is 15.9 Å². The lowest BCUT2D eigenvalue weighted by molar-refractivity contribution is -0.140. The Kier molecular flexibility index (Phi) is 4.96. The van der Waals surface area contributed by atoms with Gasteiger partial charge in [0.1, 0.15) is 4.83 Å². The van der Waals surface area contributed by atoms with Crippen LogP contribution in [-0.2, 0) is 9.53 Å². The average molecular weight is 334 g/mol. The molecular weight excluding hydrogens is 318 g/mol. The summed E-state index contributed by atoms with van der Waals surface area (Å²) >= 11 is 5.02. The molecule has 1 unspecified atom stereocenters. The summed E-state index contributed by atoms with van der Waals surface area (Å²) in [5.74, 6) is -0.211. The van der Waals surface area contributed by atoms with Crippen molar-refractivity contribution in [3.63, 3.8) is 0 Å². The average Bonchev–Trinajstić information content (AvgIpc) is 2.92. The Morgan fingerprint density at radius 3 is 2.83 bits per heavy atom. The van der Waals surface area contributed by atoms with Gasteiger partial charge >= 0.3 is 5.97 Å². The van der Waals surface area contributed by atoms with Crippen LogP contribution >= 0.6 is 27.3 Å². The van der Waals surface area contributed by atoms with Gasteiger partial charge in [0.15, 0.2) is 5.13 Å². The fourth-order valence-electron chi connectivity index (χ4n) is 1.92. The van der Waals surface area contributed by atoms with Gasteiger partial charge in [-0.2, -0.15) is 0 Å². The summed E-state index contributed by atoms with van der Waals surface area (Å²) < 4.78 is 4.70. The van der Waals surface area contributed by atoms with Crippen LogP contribution in [0.4, 0.5) is 5.13 Å². The predicted molar refractivity (Wildman–Crippen MR) is 75.5 cm³/mol. The Morgan fingerprint density at radius 2 is 2.28 bits per heavy atom. The molecule has 1 atom stereocenters. The van der Waals surface area contributed by atoms with Crippen LogP contribution in [0.25, 0.3) is 0 Å². The summed E-state index contributed by atoms with van der Waals surface area (Å²) in [6, 6.07) is 0. The van der Waals surface area contributed by atoms with E-state index in [4.69, 9.17) is 4.74 Å². The predicted octanol–water partition coefficient (Wildman–Crippen LogP) is 1.20. The van der Waals surface area contributed by atoms with Crippen LogP contribution in [0.5, 0.6) is 0 Å². The number of esters is 1. The van der Waals surface area contributed by atoms with Crippen LogP contribution in [0.15, 0.2) is 11.6 Å². The smallest absolute Gasteiger partial charge is 0.320 e. The molecule has 1 aromatic rings. The number of methoxy groups -OCH3 is 1. The molecule has 0 saturated carbocycles. The Labute approximate surface area is 119 Å². The van der Waals surface area contributed by atoms with E-state index in [1.165, 1.54) is 7.11 Å². The number of ether oxygens (including phenoxy) is 1. The second-order valence-electron chi connectivity index (χ2n) is 4.09. The number of thiazole rings is 1. The Morgan fingerprint density at radius 1 is 1.56 bits per heavy atom. The van der Waals surface area contributed by atoms with Gasteiger partial charge in [-0.05, 0) is 0 Å². The number of aromatic nitrogens is 1. The highest BCUT2D eigenvalue weighted by molar-refractivity contribution is 9.10. The molecule has 1 aromatic heterocycles. The maximum Gasteiger partial charge on any atom is 0.320 e. The van der Waals surface area contributed by atoms with Crippen molar-refractivity contribution in [2.24, 2.45) is 0 Å². The molecule has 0 amide bonds. The molecule has 5 nitrogen and oxygen atoms in total. The Hall–Kier alpha value is -0.660. The second kappa shape index (κ2) is 6.49. The van der Waals surface area contributed by atoms with E-state index < -0.39 is 0 Å². The minimum absolute atomic E-state index is 0.211. The van der Waals surface area contributed by atoms with Crippen LogP contribution in [0.3, 0.4) is 0 Å². The first kappa shape index (κ1) is 13.8. The number of hydrogen-bond acceptors (Lipinski definition) is 6. The molecule has 100 valence electrons. The van der Waals surface area contributed by atoms with E-state index in [1.807, 2.05) is 11.6 Å². The first-order valence-electron chi connectivity index (χ1n) is 5.79. The third-order valence-electron chi connectivity index (χ3n) is 2.94. The molecule has 1 fully saturated rings. The first-order valence-corrected chi connectivity index (χ1v) is 7.59. The van der Waals surface area contributed by atoms with Crippen molar-refractivity contribution in [1.82, 2.24) is 9.88 Å². The number of nitrogens with zero attached hydrogens (tertiary/aromatic N) is 3. The number of piperazine rings is 1. The molecule has 0 radical (unpaired) electrons. The highest BCUT2D eigenvalue weighted by Gasteiger charge is 2.23. The van der Waals surface area contributed by atoms with E-state index in [2.05, 4.69) is 30.7 Å². The van der Waals surface area contributed by atoms with Crippen molar-refractivity contribution in [1.29, 1.82) is 0 Å². The molecule has 18 heavy (non-hydrogen) atoms. The third kappa shape index (κ3) is 3.43. The topological polar surface area (TPSA) is 45.7 Å². The van der Waals surface area contributed by atoms with Crippen molar-refractivity contribution in [3.05, 3.63) is 11.6 Å². The zero-order chi connectivity index (χ0) is 13.0. The van der Waals surface area contributed by atoms with Gasteiger partial charge in [-0.25, -0.2) is 4.98 Å². The molecule has 0 bridgehead atoms. The molecule has 0 N–H and O–H groups in total. The normalized spacial score (nSPS) is 18.7. The Balaban J connectivity index is 1.78. The van der Waals surface area contributed by atoms with Gasteiger partial charge in [0, 0.05) is 44.3 Å². The standard InChI is InChI=1S/C11H16BrN3O2S/c1-17-10(16)9(12)8-14-3-5-15(6-4-14)11-13-2-7-18-11/h2,7,9H,3-6,8H2,1H3. The van der Waals surface area contributed by atoms with Crippen LogP contribution in [-0.4, -0.2) is 60.5 Å². The highest BCUT2D eigenvalue weighted by Crippen LogP contribution is 2.19. The second-order valence-corrected chi connectivity index (χ2v) is 6.07. The van der Waals surface area contributed by atoms with Crippen molar-refractivity contribution >= 4 is 38.4 Å². The molecule has 2 heterocycles. The number of hydrogen-bond donors (Lipinski definition) is 0. The number of halogens is 1. The minimum Gasteiger partial charge on any atom is -0.468 e. The maximum atomic E-state index is 11.3. The van der Waals surface area contributed by atoms with E-state index in [1.54, 1.807) is 11.3 Å². The highest BCUT2D eigenvalue weighted by atomic mass is 79.9. The van der Waals surface area contributed by atoms with Crippen molar-refractivity contribution < 1.29 is 9.53 Å². The number of rotatable bonds is 4. The first-order chi connectivity index (χ1) is 8.70. The lowest BCUT2D eigenvalue weighted by Crippen LogP contribution is -2.48. The summed E-state index contributed by atoms with van der Waals surface area (Å²) in [4.78, 5) is 19.9. The SMILES string of the molecule is COC(=O)C(Br)CN1CCN(c2nccs2)CC1. The molecule has 1 saturated heterocycles. The molecule has 1 aliphatic heterocycles. The molecule has 7 heteroatoms. The fourth-order valence-corrected chi connectivity index (χ4v) is 3.22. The van der Waals surface area contributed by atoms with Crippen molar-refractivity contribution in [2.45, 2.75) is 4.83 Å². The van der Waals surface area contributed by atoms with Gasteiger partial charge in [-0.15, -0.1) is 11.3 Å². The van der Waals surface area contributed by atoms with Gasteiger partial charge in [0.2, 0.25) is 0 Å². The minimum atomic E-state index is -0.242. The lowest BCUT2D eigenvalue weighted by atomic mass is 10.3. The zero-order valence-electron chi connectivity index (χ0n) is 10.2. The summed E-state index contributed by atoms with van der Waals surface area (Å²) in [7, 11) is 1.41. The quantitative estimate of drug-likeness (QED) is 0.612. The van der Waals surface area contributed by atoms with E-state index in [0.29, 0.717) is 6.54 Å². The summed E-state index contributed by atoms with van der Waals surface area (Å²) in [6.07, 6.45) is 1.83.